The van der Waals surface area contributed by atoms with Gasteiger partial charge in [-0.05, 0) is 36.8 Å². The van der Waals surface area contributed by atoms with Gasteiger partial charge in [-0.3, -0.25) is 0 Å². The molecule has 31 heavy (non-hydrogen) atoms. The van der Waals surface area contributed by atoms with Gasteiger partial charge in [0.15, 0.2) is 0 Å². The molecule has 5 nitrogen and oxygen atoms in total. The fraction of sp³-hybridized carbons (Fsp3) is 0.250. The first kappa shape index (κ1) is 22.3. The van der Waals surface area contributed by atoms with Crippen LogP contribution in [0.3, 0.4) is 0 Å². The Morgan fingerprint density at radius 3 is 2.03 bits per heavy atom. The number of hydrogen-bond donors (Lipinski definition) is 0. The minimum atomic E-state index is -4.57. The molecule has 1 aromatic heterocycles. The number of aromatic nitrogens is 3. The first-order chi connectivity index (χ1) is 14.5. The quantitative estimate of drug-likeness (QED) is 0.458. The van der Waals surface area contributed by atoms with Crippen LogP contribution >= 0.6 is 0 Å². The molecule has 0 radical (unpaired) electrons. The lowest BCUT2D eigenvalue weighted by molar-refractivity contribution is -0.138. The molecule has 164 valence electrons. The van der Waals surface area contributed by atoms with Gasteiger partial charge < -0.3 is 9.47 Å². The second-order valence-electron chi connectivity index (χ2n) is 6.25. The van der Waals surface area contributed by atoms with E-state index in [-0.39, 0.29) is 42.2 Å². The molecule has 2 aromatic carbocycles. The molecule has 0 bridgehead atoms. The van der Waals surface area contributed by atoms with E-state index in [9.17, 15) is 26.3 Å². The number of benzene rings is 2. The van der Waals surface area contributed by atoms with Crippen molar-refractivity contribution < 1.29 is 35.8 Å². The molecule has 11 heteroatoms. The Bertz CT molecular complexity index is 976. The van der Waals surface area contributed by atoms with Crippen LogP contribution in [0.15, 0.2) is 48.5 Å². The predicted molar refractivity (Wildman–Crippen MR) is 96.8 cm³/mol. The summed E-state index contributed by atoms with van der Waals surface area (Å²) in [5.41, 5.74) is -1.48. The Morgan fingerprint density at radius 2 is 1.39 bits per heavy atom. The van der Waals surface area contributed by atoms with Gasteiger partial charge >= 0.3 is 24.4 Å². The molecule has 0 aliphatic carbocycles. The first-order valence-electron chi connectivity index (χ1n) is 8.93. The highest BCUT2D eigenvalue weighted by molar-refractivity contribution is 5.32. The predicted octanol–water partition coefficient (Wildman–Crippen LogP) is 5.69. The maximum Gasteiger partial charge on any atom is 0.416 e. The van der Waals surface area contributed by atoms with Gasteiger partial charge in [0.1, 0.15) is 11.6 Å². The molecule has 0 atom stereocenters. The molecule has 1 heterocycles. The van der Waals surface area contributed by atoms with Crippen molar-refractivity contribution in [3.8, 4) is 17.8 Å². The van der Waals surface area contributed by atoms with E-state index in [2.05, 4.69) is 15.0 Å². The van der Waals surface area contributed by atoms with Crippen LogP contribution in [0.1, 0.15) is 29.4 Å². The van der Waals surface area contributed by atoms with E-state index < -0.39 is 23.5 Å². The topological polar surface area (TPSA) is 57.1 Å². The third-order valence-electron chi connectivity index (χ3n) is 3.90. The van der Waals surface area contributed by atoms with E-state index in [1.54, 1.807) is 6.92 Å². The van der Waals surface area contributed by atoms with Crippen LogP contribution in [0.4, 0.5) is 26.3 Å². The molecular weight excluding hydrogens is 428 g/mol. The summed E-state index contributed by atoms with van der Waals surface area (Å²) in [5, 5.41) is 0. The number of hydrogen-bond acceptors (Lipinski definition) is 5. The van der Waals surface area contributed by atoms with Gasteiger partial charge in [-0.25, -0.2) is 0 Å². The summed E-state index contributed by atoms with van der Waals surface area (Å²) in [7, 11) is 0. The van der Waals surface area contributed by atoms with Crippen LogP contribution in [-0.4, -0.2) is 21.6 Å². The lowest BCUT2D eigenvalue weighted by atomic mass is 10.1. The summed E-state index contributed by atoms with van der Waals surface area (Å²) in [6.07, 6.45) is -9.18. The van der Waals surface area contributed by atoms with Crippen LogP contribution in [-0.2, 0) is 18.8 Å². The van der Waals surface area contributed by atoms with Gasteiger partial charge in [0.05, 0.1) is 17.7 Å². The first-order valence-corrected chi connectivity index (χ1v) is 8.93. The zero-order valence-corrected chi connectivity index (χ0v) is 16.0. The Kier molecular flexibility index (Phi) is 6.32. The molecule has 0 unspecified atom stereocenters. The van der Waals surface area contributed by atoms with Gasteiger partial charge in [-0.2, -0.15) is 36.3 Å². The van der Waals surface area contributed by atoms with Crippen LogP contribution in [0, 0.1) is 0 Å². The highest BCUT2D eigenvalue weighted by atomic mass is 19.4. The molecule has 0 amide bonds. The van der Waals surface area contributed by atoms with E-state index in [1.807, 2.05) is 0 Å². The molecule has 0 aliphatic rings. The van der Waals surface area contributed by atoms with Crippen molar-refractivity contribution in [2.45, 2.75) is 25.7 Å². The SMILES string of the molecule is CCOc1nc(Cc2cccc(C(F)(F)F)c2)nc(Oc2cccc(C(F)(F)F)c2)n1. The standard InChI is InChI=1S/C20H15F6N3O2/c1-2-30-17-27-16(10-12-5-3-6-13(9-12)19(21,22)23)28-18(29-17)31-15-8-4-7-14(11-15)20(24,25)26/h3-9,11H,2,10H2,1H3. The largest absolute Gasteiger partial charge is 0.464 e. The lowest BCUT2D eigenvalue weighted by Crippen LogP contribution is -2.08. The van der Waals surface area contributed by atoms with Crippen LogP contribution in [0.2, 0.25) is 0 Å². The van der Waals surface area contributed by atoms with Gasteiger partial charge in [-0.1, -0.05) is 24.3 Å². The maximum atomic E-state index is 12.9. The molecule has 0 fully saturated rings. The average Bonchev–Trinajstić information content (AvgIpc) is 2.67. The van der Waals surface area contributed by atoms with E-state index in [1.165, 1.54) is 18.2 Å². The Balaban J connectivity index is 1.90. The minimum Gasteiger partial charge on any atom is -0.464 e. The zero-order valence-electron chi connectivity index (χ0n) is 16.0. The third kappa shape index (κ3) is 6.06. The lowest BCUT2D eigenvalue weighted by Gasteiger charge is -2.11. The molecule has 0 spiro atoms. The number of nitrogens with zero attached hydrogens (tertiary/aromatic N) is 3. The molecule has 0 N–H and O–H groups in total. The molecular formula is C20H15F6N3O2. The van der Waals surface area contributed by atoms with Crippen molar-refractivity contribution in [1.82, 2.24) is 15.0 Å². The van der Waals surface area contributed by atoms with Gasteiger partial charge in [0.2, 0.25) is 0 Å². The van der Waals surface area contributed by atoms with E-state index in [0.717, 1.165) is 30.3 Å². The van der Waals surface area contributed by atoms with Crippen molar-refractivity contribution >= 4 is 0 Å². The normalized spacial score (nSPS) is 12.0. The van der Waals surface area contributed by atoms with E-state index >= 15 is 0 Å². The zero-order chi connectivity index (χ0) is 22.6. The number of ether oxygens (including phenoxy) is 2. The van der Waals surface area contributed by atoms with Gasteiger partial charge in [0.25, 0.3) is 0 Å². The minimum absolute atomic E-state index is 0.0275. The summed E-state index contributed by atoms with van der Waals surface area (Å²) < 4.78 is 88.0. The second-order valence-corrected chi connectivity index (χ2v) is 6.25. The van der Waals surface area contributed by atoms with Crippen molar-refractivity contribution in [2.24, 2.45) is 0 Å². The molecule has 3 rings (SSSR count). The van der Waals surface area contributed by atoms with Crippen LogP contribution < -0.4 is 9.47 Å². The third-order valence-corrected chi connectivity index (χ3v) is 3.90. The Morgan fingerprint density at radius 1 is 0.774 bits per heavy atom. The highest BCUT2D eigenvalue weighted by Crippen LogP contribution is 2.33. The number of halogens is 6. The molecule has 3 aromatic rings. The van der Waals surface area contributed by atoms with Crippen molar-refractivity contribution in [3.05, 3.63) is 71.0 Å². The van der Waals surface area contributed by atoms with Gasteiger partial charge in [-0.15, -0.1) is 4.98 Å². The van der Waals surface area contributed by atoms with E-state index in [4.69, 9.17) is 9.47 Å². The summed E-state index contributed by atoms with van der Waals surface area (Å²) in [6, 6.07) is 8.19. The van der Waals surface area contributed by atoms with Crippen molar-refractivity contribution in [2.75, 3.05) is 6.61 Å². The Labute approximate surface area is 172 Å². The molecule has 0 saturated carbocycles. The number of rotatable bonds is 6. The summed E-state index contributed by atoms with van der Waals surface area (Å²) in [4.78, 5) is 11.9. The van der Waals surface area contributed by atoms with Gasteiger partial charge in [0, 0.05) is 6.42 Å². The van der Waals surface area contributed by atoms with Crippen molar-refractivity contribution in [1.29, 1.82) is 0 Å². The van der Waals surface area contributed by atoms with E-state index in [0.29, 0.717) is 0 Å². The second kappa shape index (κ2) is 8.78. The number of alkyl halides is 6. The monoisotopic (exact) mass is 443 g/mol. The van der Waals surface area contributed by atoms with Crippen molar-refractivity contribution in [3.63, 3.8) is 0 Å². The highest BCUT2D eigenvalue weighted by Gasteiger charge is 2.31. The summed E-state index contributed by atoms with van der Waals surface area (Å²) >= 11 is 0. The average molecular weight is 443 g/mol. The smallest absolute Gasteiger partial charge is 0.416 e. The summed E-state index contributed by atoms with van der Waals surface area (Å²) in [6.45, 7) is 1.83. The fourth-order valence-corrected chi connectivity index (χ4v) is 2.58. The molecule has 0 saturated heterocycles. The van der Waals surface area contributed by atoms with Crippen LogP contribution in [0.25, 0.3) is 0 Å². The Hall–Kier alpha value is -3.37. The maximum absolute atomic E-state index is 12.9. The molecule has 0 aliphatic heterocycles. The van der Waals surface area contributed by atoms with Crippen LogP contribution in [0.5, 0.6) is 17.8 Å². The summed E-state index contributed by atoms with van der Waals surface area (Å²) in [5.74, 6) is -0.145. The fourth-order valence-electron chi connectivity index (χ4n) is 2.58.